The number of rotatable bonds is 48. The molecule has 0 radical (unpaired) electrons. The van der Waals surface area contributed by atoms with Gasteiger partial charge in [-0.2, -0.15) is 0 Å². The van der Waals surface area contributed by atoms with E-state index in [0.29, 0.717) is 166 Å². The van der Waals surface area contributed by atoms with Gasteiger partial charge in [-0.15, -0.1) is 0 Å². The third-order valence-corrected chi connectivity index (χ3v) is 21.8. The molecule has 4 N–H and O–H groups in total. The summed E-state index contributed by atoms with van der Waals surface area (Å²) >= 11 is 0. The first-order valence-electron chi connectivity index (χ1n) is 40.7. The van der Waals surface area contributed by atoms with Gasteiger partial charge < -0.3 is 84.2 Å². The zero-order valence-corrected chi connectivity index (χ0v) is 67.3. The molecular weight excluding hydrogens is 1500 g/mol. The number of anilines is 4. The Labute approximate surface area is 683 Å². The summed E-state index contributed by atoms with van der Waals surface area (Å²) in [5.41, 5.74) is 4.79. The predicted molar refractivity (Wildman–Crippen MR) is 439 cm³/mol. The normalized spacial score (nSPS) is 15.2. The van der Waals surface area contributed by atoms with Gasteiger partial charge in [0.25, 0.3) is 0 Å². The minimum absolute atomic E-state index is 0.0113. The Morgan fingerprint density at radius 1 is 0.393 bits per heavy atom. The second-order valence-electron chi connectivity index (χ2n) is 30.0. The highest BCUT2D eigenvalue weighted by atomic mass is 19.1. The average molecular weight is 1620 g/mol. The summed E-state index contributed by atoms with van der Waals surface area (Å²) in [4.78, 5) is 146. The summed E-state index contributed by atoms with van der Waals surface area (Å²) in [5, 5.41) is 11.1. The molecule has 4 aliphatic heterocycles. The molecule has 117 heavy (non-hydrogen) atoms. The van der Waals surface area contributed by atoms with Crippen molar-refractivity contribution in [3.8, 4) is 0 Å². The molecule has 10 rings (SSSR count). The molecular formula is C88H112F2N12O15. The smallest absolute Gasteiger partial charge is 0.250 e. The van der Waals surface area contributed by atoms with Gasteiger partial charge in [0.15, 0.2) is 11.6 Å². The number of benzene rings is 6. The van der Waals surface area contributed by atoms with Crippen LogP contribution < -0.4 is 31.1 Å². The average Bonchev–Trinajstić information content (AvgIpc) is 1.60. The Morgan fingerprint density at radius 2 is 0.726 bits per heavy atom. The minimum Gasteiger partial charge on any atom is -0.377 e. The fourth-order valence-electron chi connectivity index (χ4n) is 15.1. The Balaban J connectivity index is 0.482. The highest BCUT2D eigenvalue weighted by molar-refractivity contribution is 5.98. The first kappa shape index (κ1) is 89.0. The highest BCUT2D eigenvalue weighted by Gasteiger charge is 2.55. The molecule has 0 saturated carbocycles. The third-order valence-electron chi connectivity index (χ3n) is 21.8. The van der Waals surface area contributed by atoms with E-state index in [2.05, 4.69) is 40.9 Å². The van der Waals surface area contributed by atoms with Crippen LogP contribution in [0.3, 0.4) is 0 Å². The van der Waals surface area contributed by atoms with Gasteiger partial charge in [-0.1, -0.05) is 60.7 Å². The number of amides is 8. The number of halogens is 2. The first-order valence-corrected chi connectivity index (χ1v) is 40.7. The largest absolute Gasteiger partial charge is 0.377 e. The minimum atomic E-state index is -0.675. The third kappa shape index (κ3) is 27.3. The molecule has 2 spiro atoms. The summed E-state index contributed by atoms with van der Waals surface area (Å²) in [7, 11) is 3.01. The molecule has 8 amide bonds. The lowest BCUT2D eigenvalue weighted by atomic mass is 9.85. The number of piperidine rings is 2. The molecule has 29 heteroatoms. The van der Waals surface area contributed by atoms with E-state index in [0.717, 1.165) is 61.8 Å². The lowest BCUT2D eigenvalue weighted by molar-refractivity contribution is -0.135. The molecule has 4 fully saturated rings. The SMILES string of the molecule is CN(CC(=O)NCCOCCOCCOCCOCCOCCNC(=O)CN(C)C(=O)CCC(=O)Nc1ccc(CCN2CN(c3ccccc3)C3(CCN(CCCC(=O)c4ccc(F)cc4)CC3)C2=O)cc1)C(=O)CCC(=O)Nc1ccc(CCN2CN(c3ccccc3)C3(CCN(CCCC(=O)c4ccc(F)cc4)CC3)C2=O)cc1. The van der Waals surface area contributed by atoms with Crippen LogP contribution in [0.4, 0.5) is 31.5 Å². The Bertz CT molecular complexity index is 3930. The number of carbonyl (C=O) groups is 10. The maximum Gasteiger partial charge on any atom is 0.250 e. The van der Waals surface area contributed by atoms with E-state index in [1.807, 2.05) is 94.7 Å². The maximum absolute atomic E-state index is 14.4. The van der Waals surface area contributed by atoms with Crippen LogP contribution in [0.1, 0.15) is 109 Å². The van der Waals surface area contributed by atoms with Crippen molar-refractivity contribution in [3.63, 3.8) is 0 Å². The molecule has 0 atom stereocenters. The molecule has 4 saturated heterocycles. The molecule has 6 aromatic carbocycles. The number of carbonyl (C=O) groups excluding carboxylic acids is 10. The topological polar surface area (TPSA) is 291 Å². The van der Waals surface area contributed by atoms with Gasteiger partial charge in [0.05, 0.1) is 92.5 Å². The van der Waals surface area contributed by atoms with Crippen LogP contribution in [0.15, 0.2) is 158 Å². The molecule has 0 bridgehead atoms. The summed E-state index contributed by atoms with van der Waals surface area (Å²) in [6, 6.07) is 46.2. The fourth-order valence-corrected chi connectivity index (χ4v) is 15.1. The maximum atomic E-state index is 14.4. The second kappa shape index (κ2) is 45.9. The number of nitrogens with zero attached hydrogens (tertiary/aromatic N) is 8. The predicted octanol–water partition coefficient (Wildman–Crippen LogP) is 8.03. The van der Waals surface area contributed by atoms with E-state index in [1.54, 1.807) is 24.3 Å². The number of Topliss-reactive ketones (excluding diaryl/α,β-unsaturated/α-hetero) is 2. The summed E-state index contributed by atoms with van der Waals surface area (Å²) in [6.07, 6.45) is 5.61. The zero-order valence-electron chi connectivity index (χ0n) is 67.3. The molecule has 4 aliphatic rings. The molecule has 0 unspecified atom stereocenters. The van der Waals surface area contributed by atoms with E-state index >= 15 is 0 Å². The molecule has 6 aromatic rings. The van der Waals surface area contributed by atoms with Crippen molar-refractivity contribution in [2.24, 2.45) is 0 Å². The van der Waals surface area contributed by atoms with Crippen molar-refractivity contribution in [2.45, 2.75) is 101 Å². The van der Waals surface area contributed by atoms with Gasteiger partial charge in [0, 0.05) is 139 Å². The number of likely N-dealkylation sites (N-methyl/N-ethyl adjacent to an activating group) is 2. The number of likely N-dealkylation sites (tertiary alicyclic amines) is 2. The van der Waals surface area contributed by atoms with Crippen molar-refractivity contribution in [1.29, 1.82) is 0 Å². The van der Waals surface area contributed by atoms with Crippen molar-refractivity contribution in [1.82, 2.24) is 40.0 Å². The van der Waals surface area contributed by atoms with Gasteiger partial charge >= 0.3 is 0 Å². The Kier molecular flexibility index (Phi) is 34.9. The zero-order chi connectivity index (χ0) is 82.8. The first-order chi connectivity index (χ1) is 56.7. The van der Waals surface area contributed by atoms with E-state index in [1.165, 1.54) is 72.4 Å². The molecule has 0 aliphatic carbocycles. The second-order valence-corrected chi connectivity index (χ2v) is 30.0. The summed E-state index contributed by atoms with van der Waals surface area (Å²) in [6.45, 7) is 9.49. The number of nitrogens with one attached hydrogen (secondary N) is 4. The number of ketones is 2. The Morgan fingerprint density at radius 3 is 1.07 bits per heavy atom. The van der Waals surface area contributed by atoms with Crippen LogP contribution in [-0.2, 0) is 74.9 Å². The number of hydrogen-bond donors (Lipinski definition) is 4. The van der Waals surface area contributed by atoms with Gasteiger partial charge in [0.1, 0.15) is 22.7 Å². The number of ether oxygens (including phenoxy) is 5. The Hall–Kier alpha value is -10.4. The van der Waals surface area contributed by atoms with Gasteiger partial charge in [0.2, 0.25) is 47.3 Å². The molecule has 628 valence electrons. The van der Waals surface area contributed by atoms with E-state index in [-0.39, 0.29) is 136 Å². The lowest BCUT2D eigenvalue weighted by Gasteiger charge is -2.43. The van der Waals surface area contributed by atoms with Crippen LogP contribution in [0.2, 0.25) is 0 Å². The van der Waals surface area contributed by atoms with Crippen LogP contribution >= 0.6 is 0 Å². The number of para-hydroxylation sites is 2. The van der Waals surface area contributed by atoms with E-state index < -0.39 is 11.1 Å². The van der Waals surface area contributed by atoms with Crippen LogP contribution in [0.25, 0.3) is 0 Å². The van der Waals surface area contributed by atoms with Crippen molar-refractivity contribution >= 4 is 81.6 Å². The van der Waals surface area contributed by atoms with Crippen LogP contribution in [0.5, 0.6) is 0 Å². The standard InChI is InChI=1S/C88H112F2N12O15/c1-95(83(109)35-33-79(105)93-73-29-17-67(18-30-73)37-47-99-65-101(75-11-5-3-6-12-75)87(85(99)111)39-49-97(50-40-87)45-9-15-77(103)69-21-25-71(89)26-22-69)63-81(107)91-43-53-113-55-57-115-59-61-117-62-60-116-58-56-114-54-44-92-82(108)64-96(2)84(110)36-34-80(106)94-74-31-19-68(20-32-74)38-48-100-66-102(76-13-7-4-8-14-76)88(86(100)112)41-51-98(52-42-88)46-10-16-78(104)70-23-27-72(90)28-24-70/h3-8,11-14,17-32H,9-10,15-16,33-66H2,1-2H3,(H,91,107)(H,92,108)(H,93,105)(H,94,106). The van der Waals surface area contributed by atoms with E-state index in [4.69, 9.17) is 23.7 Å². The van der Waals surface area contributed by atoms with Crippen molar-refractivity contribution < 1.29 is 80.4 Å². The van der Waals surface area contributed by atoms with Gasteiger partial charge in [-0.3, -0.25) is 47.9 Å². The van der Waals surface area contributed by atoms with Gasteiger partial charge in [-0.05, 0) is 173 Å². The highest BCUT2D eigenvalue weighted by Crippen LogP contribution is 2.42. The molecule has 4 heterocycles. The van der Waals surface area contributed by atoms with Crippen molar-refractivity contribution in [3.05, 3.63) is 192 Å². The van der Waals surface area contributed by atoms with Gasteiger partial charge in [-0.25, -0.2) is 8.78 Å². The number of hydrogen-bond acceptors (Lipinski definition) is 19. The lowest BCUT2D eigenvalue weighted by Crippen LogP contribution is -2.56. The summed E-state index contributed by atoms with van der Waals surface area (Å²) < 4.78 is 54.5. The fraction of sp³-hybridized carbons (Fsp3) is 0.477. The summed E-state index contributed by atoms with van der Waals surface area (Å²) in [5.74, 6) is -2.69. The monoisotopic (exact) mass is 1610 g/mol. The van der Waals surface area contributed by atoms with Crippen LogP contribution in [0, 0.1) is 11.6 Å². The van der Waals surface area contributed by atoms with Crippen molar-refractivity contribution in [2.75, 3.05) is 192 Å². The quantitative estimate of drug-likeness (QED) is 0.0208. The molecule has 27 nitrogen and oxygen atoms in total. The molecule has 0 aromatic heterocycles. The van der Waals surface area contributed by atoms with E-state index in [9.17, 15) is 56.7 Å². The van der Waals surface area contributed by atoms with Crippen LogP contribution in [-0.4, -0.2) is 271 Å².